The van der Waals surface area contributed by atoms with Crippen LogP contribution in [0.2, 0.25) is 0 Å². The largest absolute Gasteiger partial charge is 0.444 e. The van der Waals surface area contributed by atoms with E-state index in [-0.39, 0.29) is 6.54 Å². The summed E-state index contributed by atoms with van der Waals surface area (Å²) in [4.78, 5) is 35.1. The van der Waals surface area contributed by atoms with E-state index in [1.165, 1.54) is 6.92 Å². The highest BCUT2D eigenvalue weighted by molar-refractivity contribution is 5.91. The lowest BCUT2D eigenvalue weighted by atomic mass is 10.2. The number of imide groups is 1. The van der Waals surface area contributed by atoms with Gasteiger partial charge < -0.3 is 15.8 Å². The summed E-state index contributed by atoms with van der Waals surface area (Å²) >= 11 is 0. The fraction of sp³-hybridized carbons (Fsp3) is 0.750. The Morgan fingerprint density at radius 2 is 2.00 bits per heavy atom. The second kappa shape index (κ2) is 7.73. The van der Waals surface area contributed by atoms with E-state index < -0.39 is 23.6 Å². The number of alkyl carbamates (subject to hydrolysis) is 1. The van der Waals surface area contributed by atoms with Crippen LogP contribution >= 0.6 is 0 Å². The van der Waals surface area contributed by atoms with Gasteiger partial charge in [-0.15, -0.1) is 0 Å². The molecular weight excluding hydrogens is 250 g/mol. The standard InChI is InChI=1S/C12H23N3O4/c1-9(14-11(18)19-12(2,3)4)10(17)15(8-16)7-5-6-13/h8-9H,5-7,13H2,1-4H3,(H,14,18). The van der Waals surface area contributed by atoms with Crippen molar-refractivity contribution in [3.05, 3.63) is 0 Å². The molecule has 0 aromatic carbocycles. The zero-order valence-corrected chi connectivity index (χ0v) is 11.9. The van der Waals surface area contributed by atoms with Gasteiger partial charge in [0.1, 0.15) is 11.6 Å². The number of nitrogens with zero attached hydrogens (tertiary/aromatic N) is 1. The third-order valence-corrected chi connectivity index (χ3v) is 2.12. The molecule has 110 valence electrons. The summed E-state index contributed by atoms with van der Waals surface area (Å²) in [6.45, 7) is 7.27. The van der Waals surface area contributed by atoms with Crippen molar-refractivity contribution in [1.29, 1.82) is 0 Å². The van der Waals surface area contributed by atoms with Crippen LogP contribution in [0.3, 0.4) is 0 Å². The number of rotatable bonds is 6. The Kier molecular flexibility index (Phi) is 7.06. The van der Waals surface area contributed by atoms with Crippen molar-refractivity contribution in [3.8, 4) is 0 Å². The molecule has 0 radical (unpaired) electrons. The Labute approximate surface area is 113 Å². The average molecular weight is 273 g/mol. The third-order valence-electron chi connectivity index (χ3n) is 2.12. The highest BCUT2D eigenvalue weighted by Gasteiger charge is 2.24. The zero-order chi connectivity index (χ0) is 15.1. The molecule has 0 bridgehead atoms. The molecule has 0 aliphatic rings. The van der Waals surface area contributed by atoms with Gasteiger partial charge in [0.2, 0.25) is 6.41 Å². The van der Waals surface area contributed by atoms with E-state index in [4.69, 9.17) is 10.5 Å². The van der Waals surface area contributed by atoms with E-state index in [2.05, 4.69) is 5.32 Å². The van der Waals surface area contributed by atoms with Gasteiger partial charge in [-0.25, -0.2) is 4.79 Å². The molecule has 3 N–H and O–H groups in total. The van der Waals surface area contributed by atoms with Gasteiger partial charge in [0, 0.05) is 6.54 Å². The summed E-state index contributed by atoms with van der Waals surface area (Å²) in [5.74, 6) is -0.491. The van der Waals surface area contributed by atoms with Crippen molar-refractivity contribution in [2.24, 2.45) is 5.73 Å². The lowest BCUT2D eigenvalue weighted by Crippen LogP contribution is -2.48. The van der Waals surface area contributed by atoms with Crippen LogP contribution in [0.15, 0.2) is 0 Å². The summed E-state index contributed by atoms with van der Waals surface area (Å²) in [7, 11) is 0. The van der Waals surface area contributed by atoms with Crippen LogP contribution < -0.4 is 11.1 Å². The fourth-order valence-electron chi connectivity index (χ4n) is 1.27. The highest BCUT2D eigenvalue weighted by Crippen LogP contribution is 2.07. The molecule has 7 heteroatoms. The molecule has 0 fully saturated rings. The SMILES string of the molecule is CC(NC(=O)OC(C)(C)C)C(=O)N(C=O)CCCN. The van der Waals surface area contributed by atoms with Gasteiger partial charge in [-0.3, -0.25) is 14.5 Å². The van der Waals surface area contributed by atoms with Crippen LogP contribution in [0.5, 0.6) is 0 Å². The molecule has 0 aliphatic carbocycles. The monoisotopic (exact) mass is 273 g/mol. The number of ether oxygens (including phenoxy) is 1. The quantitative estimate of drug-likeness (QED) is 0.675. The lowest BCUT2D eigenvalue weighted by Gasteiger charge is -2.23. The van der Waals surface area contributed by atoms with Crippen molar-refractivity contribution in [2.45, 2.75) is 45.8 Å². The Hall–Kier alpha value is -1.63. The van der Waals surface area contributed by atoms with Gasteiger partial charge in [0.15, 0.2) is 0 Å². The zero-order valence-electron chi connectivity index (χ0n) is 11.9. The third kappa shape index (κ3) is 7.40. The maximum atomic E-state index is 11.9. The first-order chi connectivity index (χ1) is 8.71. The molecule has 7 nitrogen and oxygen atoms in total. The normalized spacial score (nSPS) is 12.5. The van der Waals surface area contributed by atoms with E-state index in [0.29, 0.717) is 19.4 Å². The van der Waals surface area contributed by atoms with Crippen molar-refractivity contribution in [3.63, 3.8) is 0 Å². The van der Waals surface area contributed by atoms with Crippen LogP contribution in [-0.2, 0) is 14.3 Å². The van der Waals surface area contributed by atoms with Gasteiger partial charge in [-0.1, -0.05) is 0 Å². The molecule has 0 heterocycles. The molecule has 19 heavy (non-hydrogen) atoms. The Bertz CT molecular complexity index is 325. The Morgan fingerprint density at radius 3 is 2.42 bits per heavy atom. The smallest absolute Gasteiger partial charge is 0.408 e. The van der Waals surface area contributed by atoms with Crippen LogP contribution in [0, 0.1) is 0 Å². The number of amides is 3. The predicted octanol–water partition coefficient (Wildman–Crippen LogP) is 0.233. The Morgan fingerprint density at radius 1 is 1.42 bits per heavy atom. The maximum Gasteiger partial charge on any atom is 0.408 e. The Balaban J connectivity index is 4.39. The number of nitrogens with two attached hydrogens (primary N) is 1. The molecule has 1 unspecified atom stereocenters. The molecule has 0 saturated carbocycles. The minimum Gasteiger partial charge on any atom is -0.444 e. The number of nitrogens with one attached hydrogen (secondary N) is 1. The number of hydrogen-bond donors (Lipinski definition) is 2. The van der Waals surface area contributed by atoms with E-state index in [0.717, 1.165) is 4.90 Å². The molecule has 1 atom stereocenters. The summed E-state index contributed by atoms with van der Waals surface area (Å²) in [5, 5.41) is 2.38. The summed E-state index contributed by atoms with van der Waals surface area (Å²) in [6, 6.07) is -0.835. The minimum absolute atomic E-state index is 0.235. The van der Waals surface area contributed by atoms with Gasteiger partial charge in [0.25, 0.3) is 5.91 Å². The van der Waals surface area contributed by atoms with Gasteiger partial charge in [0.05, 0.1) is 0 Å². The number of hydrogen-bond acceptors (Lipinski definition) is 5. The van der Waals surface area contributed by atoms with Crippen molar-refractivity contribution >= 4 is 18.4 Å². The van der Waals surface area contributed by atoms with Crippen LogP contribution in [0.4, 0.5) is 4.79 Å². The predicted molar refractivity (Wildman–Crippen MR) is 70.3 cm³/mol. The molecular formula is C12H23N3O4. The van der Waals surface area contributed by atoms with Crippen LogP contribution in [0.1, 0.15) is 34.1 Å². The second-order valence-electron chi connectivity index (χ2n) is 5.15. The van der Waals surface area contributed by atoms with E-state index in [1.54, 1.807) is 20.8 Å². The first-order valence-electron chi connectivity index (χ1n) is 6.16. The van der Waals surface area contributed by atoms with Gasteiger partial charge in [-0.2, -0.15) is 0 Å². The molecule has 0 aliphatic heterocycles. The maximum absolute atomic E-state index is 11.9. The van der Waals surface area contributed by atoms with Crippen LogP contribution in [-0.4, -0.2) is 48.0 Å². The van der Waals surface area contributed by atoms with Gasteiger partial charge >= 0.3 is 6.09 Å². The van der Waals surface area contributed by atoms with Crippen molar-refractivity contribution < 1.29 is 19.1 Å². The molecule has 0 spiro atoms. The van der Waals surface area contributed by atoms with Crippen molar-refractivity contribution in [1.82, 2.24) is 10.2 Å². The number of carbonyl (C=O) groups is 3. The topological polar surface area (TPSA) is 102 Å². The lowest BCUT2D eigenvalue weighted by molar-refractivity contribution is -0.139. The molecule has 0 rings (SSSR count). The summed E-state index contributed by atoms with van der Waals surface area (Å²) in [6.07, 6.45) is 0.257. The van der Waals surface area contributed by atoms with E-state index in [9.17, 15) is 14.4 Å². The first kappa shape index (κ1) is 17.4. The van der Waals surface area contributed by atoms with Crippen molar-refractivity contribution in [2.75, 3.05) is 13.1 Å². The molecule has 0 aromatic heterocycles. The summed E-state index contributed by atoms with van der Waals surface area (Å²) in [5.41, 5.74) is 4.67. The molecule has 0 aromatic rings. The second-order valence-corrected chi connectivity index (χ2v) is 5.15. The van der Waals surface area contributed by atoms with E-state index in [1.807, 2.05) is 0 Å². The van der Waals surface area contributed by atoms with Gasteiger partial charge in [-0.05, 0) is 40.7 Å². The fourth-order valence-corrected chi connectivity index (χ4v) is 1.27. The first-order valence-corrected chi connectivity index (χ1v) is 6.16. The van der Waals surface area contributed by atoms with Crippen LogP contribution in [0.25, 0.3) is 0 Å². The average Bonchev–Trinajstić information content (AvgIpc) is 2.26. The number of carbonyl (C=O) groups excluding carboxylic acids is 3. The highest BCUT2D eigenvalue weighted by atomic mass is 16.6. The molecule has 3 amide bonds. The van der Waals surface area contributed by atoms with E-state index >= 15 is 0 Å². The summed E-state index contributed by atoms with van der Waals surface area (Å²) < 4.78 is 5.02. The minimum atomic E-state index is -0.835. The molecule has 0 saturated heterocycles.